The van der Waals surface area contributed by atoms with E-state index in [0.29, 0.717) is 0 Å². The normalized spacial score (nSPS) is 17.9. The Bertz CT molecular complexity index is 251. The van der Waals surface area contributed by atoms with E-state index in [4.69, 9.17) is 0 Å². The van der Waals surface area contributed by atoms with Gasteiger partial charge in [0.1, 0.15) is 0 Å². The maximum Gasteiger partial charge on any atom is 2.00 e. The number of rotatable bonds is 0. The zero-order chi connectivity index (χ0) is 11.3. The molecule has 2 aliphatic rings. The Labute approximate surface area is 119 Å². The van der Waals surface area contributed by atoms with Gasteiger partial charge in [0, 0.05) is 0 Å². The summed E-state index contributed by atoms with van der Waals surface area (Å²) in [7, 11) is 0. The van der Waals surface area contributed by atoms with Gasteiger partial charge in [-0.15, -0.1) is 12.5 Å². The smallest absolute Gasteiger partial charge is 0.500 e. The number of hydrogen-bond acceptors (Lipinski definition) is 0. The topological polar surface area (TPSA) is 0 Å². The van der Waals surface area contributed by atoms with E-state index in [1.165, 1.54) is 19.3 Å². The summed E-state index contributed by atoms with van der Waals surface area (Å²) in [5, 5.41) is 0. The molecule has 0 aromatic carbocycles. The number of hydrogen-bond donors (Lipinski definition) is 0. The Balaban J connectivity index is 0.000000284. The SMILES string of the molecule is [C-]1=CC=CC=CCC1.[C-]1=CCCC=CCC1.[Ru+2]. The van der Waals surface area contributed by atoms with Crippen molar-refractivity contribution < 1.29 is 19.5 Å². The maximum atomic E-state index is 3.21. The summed E-state index contributed by atoms with van der Waals surface area (Å²) >= 11 is 0. The van der Waals surface area contributed by atoms with Crippen molar-refractivity contribution in [1.29, 1.82) is 0 Å². The van der Waals surface area contributed by atoms with Crippen LogP contribution in [0.25, 0.3) is 0 Å². The molecule has 17 heavy (non-hydrogen) atoms. The molecule has 0 saturated carbocycles. The first-order chi connectivity index (χ1) is 8.00. The zero-order valence-corrected chi connectivity index (χ0v) is 12.0. The van der Waals surface area contributed by atoms with Crippen LogP contribution in [0.5, 0.6) is 0 Å². The van der Waals surface area contributed by atoms with Crippen molar-refractivity contribution in [1.82, 2.24) is 0 Å². The van der Waals surface area contributed by atoms with Crippen molar-refractivity contribution in [3.63, 3.8) is 0 Å². The van der Waals surface area contributed by atoms with Gasteiger partial charge in [0.25, 0.3) is 0 Å². The van der Waals surface area contributed by atoms with E-state index in [0.717, 1.165) is 19.3 Å². The fourth-order valence-electron chi connectivity index (χ4n) is 1.40. The van der Waals surface area contributed by atoms with Crippen LogP contribution < -0.4 is 0 Å². The van der Waals surface area contributed by atoms with E-state index in [-0.39, 0.29) is 19.5 Å². The summed E-state index contributed by atoms with van der Waals surface area (Å²) in [5.74, 6) is 0. The van der Waals surface area contributed by atoms with Crippen LogP contribution in [0.15, 0.2) is 48.6 Å². The van der Waals surface area contributed by atoms with Crippen LogP contribution in [0.3, 0.4) is 0 Å². The van der Waals surface area contributed by atoms with Crippen LogP contribution >= 0.6 is 0 Å². The molecule has 0 atom stereocenters. The van der Waals surface area contributed by atoms with Gasteiger partial charge in [-0.3, -0.25) is 12.2 Å². The van der Waals surface area contributed by atoms with Crippen LogP contribution in [-0.4, -0.2) is 0 Å². The second-order valence-electron chi connectivity index (χ2n) is 3.72. The fourth-order valence-corrected chi connectivity index (χ4v) is 1.40. The minimum absolute atomic E-state index is 0. The van der Waals surface area contributed by atoms with E-state index >= 15 is 0 Å². The molecule has 0 bridgehead atoms. The number of allylic oxidation sites excluding steroid dienone is 10. The van der Waals surface area contributed by atoms with E-state index < -0.39 is 0 Å². The molecule has 0 aliphatic heterocycles. The third-order valence-electron chi connectivity index (χ3n) is 2.27. The van der Waals surface area contributed by atoms with E-state index in [9.17, 15) is 0 Å². The van der Waals surface area contributed by atoms with Crippen LogP contribution in [0.4, 0.5) is 0 Å². The van der Waals surface area contributed by atoms with Crippen molar-refractivity contribution in [2.75, 3.05) is 0 Å². The molecule has 0 aromatic rings. The Morgan fingerprint density at radius 2 is 1.41 bits per heavy atom. The third-order valence-corrected chi connectivity index (χ3v) is 2.27. The quantitative estimate of drug-likeness (QED) is 0.345. The summed E-state index contributed by atoms with van der Waals surface area (Å²) in [4.78, 5) is 0. The molecule has 0 nitrogen and oxygen atoms in total. The maximum absolute atomic E-state index is 3.21. The molecule has 2 rings (SSSR count). The molecule has 92 valence electrons. The molecule has 0 spiro atoms. The first-order valence-corrected chi connectivity index (χ1v) is 6.08. The minimum Gasteiger partial charge on any atom is -0.500 e. The standard InChI is InChI=1S/C8H11.C8H9.Ru/c2*1-2-4-6-8-7-5-3-1;/h1-2,7H,3-6H2;1-5H,6,8H2;/q2*-1;+2. The Morgan fingerprint density at radius 3 is 2.35 bits per heavy atom. The van der Waals surface area contributed by atoms with E-state index in [2.05, 4.69) is 42.5 Å². The van der Waals surface area contributed by atoms with Crippen molar-refractivity contribution >= 4 is 0 Å². The predicted octanol–water partition coefficient (Wildman–Crippen LogP) is 4.73. The molecule has 0 N–H and O–H groups in total. The summed E-state index contributed by atoms with van der Waals surface area (Å²) in [6.07, 6.45) is 30.0. The summed E-state index contributed by atoms with van der Waals surface area (Å²) < 4.78 is 0. The van der Waals surface area contributed by atoms with Crippen LogP contribution in [-0.2, 0) is 19.5 Å². The first-order valence-electron chi connectivity index (χ1n) is 6.08. The van der Waals surface area contributed by atoms with Crippen molar-refractivity contribution in [3.8, 4) is 0 Å². The summed E-state index contributed by atoms with van der Waals surface area (Å²) in [5.41, 5.74) is 0. The third kappa shape index (κ3) is 11.6. The van der Waals surface area contributed by atoms with E-state index in [1.807, 2.05) is 18.2 Å². The van der Waals surface area contributed by atoms with Gasteiger partial charge in [0.05, 0.1) is 0 Å². The Morgan fingerprint density at radius 1 is 0.647 bits per heavy atom. The van der Waals surface area contributed by atoms with Gasteiger partial charge in [-0.05, 0) is 12.8 Å². The fraction of sp³-hybridized carbons (Fsp3) is 0.375. The molecule has 0 heterocycles. The first kappa shape index (κ1) is 16.3. The second-order valence-corrected chi connectivity index (χ2v) is 3.72. The van der Waals surface area contributed by atoms with Gasteiger partial charge in [-0.2, -0.15) is 6.42 Å². The Kier molecular flexibility index (Phi) is 12.9. The minimum atomic E-state index is 0. The van der Waals surface area contributed by atoms with Gasteiger partial charge >= 0.3 is 19.5 Å². The average Bonchev–Trinajstić information content (AvgIpc) is 2.15. The largest absolute Gasteiger partial charge is 2.00 e. The second kappa shape index (κ2) is 13.4. The molecule has 2 aliphatic carbocycles. The molecule has 1 heteroatoms. The molecule has 0 radical (unpaired) electrons. The molecule has 0 aromatic heterocycles. The summed E-state index contributed by atoms with van der Waals surface area (Å²) in [6.45, 7) is 0. The average molecular weight is 313 g/mol. The molecule has 0 unspecified atom stereocenters. The van der Waals surface area contributed by atoms with Gasteiger partial charge in [0.15, 0.2) is 0 Å². The van der Waals surface area contributed by atoms with Crippen molar-refractivity contribution in [2.24, 2.45) is 0 Å². The zero-order valence-electron chi connectivity index (χ0n) is 10.2. The van der Waals surface area contributed by atoms with E-state index in [1.54, 1.807) is 0 Å². The molecular formula is C16H20Ru. The monoisotopic (exact) mass is 314 g/mol. The van der Waals surface area contributed by atoms with Crippen molar-refractivity contribution in [2.45, 2.75) is 38.5 Å². The predicted molar refractivity (Wildman–Crippen MR) is 70.7 cm³/mol. The van der Waals surface area contributed by atoms with Gasteiger partial charge < -0.3 is 6.08 Å². The summed E-state index contributed by atoms with van der Waals surface area (Å²) in [6, 6.07) is 0. The Hall–Kier alpha value is -0.677. The molecule has 0 fully saturated rings. The molecular weight excluding hydrogens is 293 g/mol. The van der Waals surface area contributed by atoms with Gasteiger partial charge in [-0.1, -0.05) is 37.1 Å². The van der Waals surface area contributed by atoms with Crippen LogP contribution in [0.1, 0.15) is 38.5 Å². The van der Waals surface area contributed by atoms with Crippen LogP contribution in [0, 0.1) is 12.2 Å². The van der Waals surface area contributed by atoms with Crippen LogP contribution in [0.2, 0.25) is 0 Å². The molecule has 0 amide bonds. The van der Waals surface area contributed by atoms with Crippen molar-refractivity contribution in [3.05, 3.63) is 60.8 Å². The van der Waals surface area contributed by atoms with Gasteiger partial charge in [-0.25, -0.2) is 12.2 Å². The molecule has 0 saturated heterocycles. The van der Waals surface area contributed by atoms with Gasteiger partial charge in [0.2, 0.25) is 0 Å².